The van der Waals surface area contributed by atoms with Crippen LogP contribution in [0.5, 0.6) is 0 Å². The minimum absolute atomic E-state index is 0.0159. The molecular formula is C25H27F2N3O4S. The molecule has 2 aromatic carbocycles. The van der Waals surface area contributed by atoms with E-state index in [0.29, 0.717) is 17.5 Å². The maximum atomic E-state index is 14.7. The van der Waals surface area contributed by atoms with Gasteiger partial charge in [0.15, 0.2) is 0 Å². The van der Waals surface area contributed by atoms with Crippen LogP contribution in [0.2, 0.25) is 0 Å². The number of hydrogen-bond acceptors (Lipinski definition) is 4. The highest BCUT2D eigenvalue weighted by molar-refractivity contribution is 8.32. The Kier molecular flexibility index (Phi) is 7.80. The van der Waals surface area contributed by atoms with Crippen molar-refractivity contribution >= 4 is 33.5 Å². The first-order valence-corrected chi connectivity index (χ1v) is 13.8. The third-order valence-electron chi connectivity index (χ3n) is 5.73. The number of aliphatic carboxylic acids is 1. The summed E-state index contributed by atoms with van der Waals surface area (Å²) in [7, 11) is -1.70. The second kappa shape index (κ2) is 10.4. The van der Waals surface area contributed by atoms with Crippen molar-refractivity contribution in [3.8, 4) is 6.07 Å². The van der Waals surface area contributed by atoms with E-state index >= 15 is 0 Å². The Hall–Kier alpha value is -3.45. The van der Waals surface area contributed by atoms with E-state index < -0.39 is 45.5 Å². The summed E-state index contributed by atoms with van der Waals surface area (Å²) in [4.78, 5) is 38.5. The molecule has 0 unspecified atom stereocenters. The highest BCUT2D eigenvalue weighted by Gasteiger charge is 2.36. The molecule has 186 valence electrons. The largest absolute Gasteiger partial charge is 0.481 e. The Morgan fingerprint density at radius 3 is 2.37 bits per heavy atom. The lowest BCUT2D eigenvalue weighted by molar-refractivity contribution is -0.140. The number of nitriles is 1. The second-order valence-electron chi connectivity index (χ2n) is 9.11. The number of nitrogens with zero attached hydrogens (tertiary/aromatic N) is 2. The van der Waals surface area contributed by atoms with E-state index in [1.807, 2.05) is 6.07 Å². The third-order valence-corrected chi connectivity index (χ3v) is 7.34. The van der Waals surface area contributed by atoms with Crippen molar-refractivity contribution in [3.63, 3.8) is 0 Å². The van der Waals surface area contributed by atoms with Gasteiger partial charge in [0.25, 0.3) is 5.91 Å². The maximum absolute atomic E-state index is 14.7. The third kappa shape index (κ3) is 5.98. The van der Waals surface area contributed by atoms with Gasteiger partial charge in [0.1, 0.15) is 17.7 Å². The van der Waals surface area contributed by atoms with Gasteiger partial charge >= 0.3 is 5.97 Å². The van der Waals surface area contributed by atoms with Crippen LogP contribution in [0.3, 0.4) is 0 Å². The molecule has 35 heavy (non-hydrogen) atoms. The average Bonchev–Trinajstić information content (AvgIpc) is 2.75. The van der Waals surface area contributed by atoms with Crippen LogP contribution in [-0.4, -0.2) is 53.1 Å². The van der Waals surface area contributed by atoms with Crippen LogP contribution in [0.4, 0.5) is 14.5 Å². The van der Waals surface area contributed by atoms with E-state index in [0.717, 1.165) is 17.7 Å². The number of carboxylic acid groups (broad SMARTS) is 1. The molecule has 2 aromatic rings. The molecule has 2 amide bonds. The summed E-state index contributed by atoms with van der Waals surface area (Å²) < 4.78 is 29.4. The molecule has 10 heteroatoms. The van der Waals surface area contributed by atoms with Gasteiger partial charge in [-0.3, -0.25) is 14.4 Å². The molecule has 1 heterocycles. The van der Waals surface area contributed by atoms with Gasteiger partial charge in [0, 0.05) is 25.1 Å². The average molecular weight is 504 g/mol. The zero-order valence-electron chi connectivity index (χ0n) is 19.7. The number of carbonyl (C=O) groups is 3. The molecule has 0 spiro atoms. The van der Waals surface area contributed by atoms with E-state index in [4.69, 9.17) is 5.11 Å². The molecule has 0 saturated heterocycles. The number of carbonyl (C=O) groups excluding carboxylic acids is 2. The molecule has 0 radical (unpaired) electrons. The monoisotopic (exact) mass is 503 g/mol. The minimum Gasteiger partial charge on any atom is -0.481 e. The quantitative estimate of drug-likeness (QED) is 0.588. The molecule has 7 nitrogen and oxygen atoms in total. The van der Waals surface area contributed by atoms with Crippen molar-refractivity contribution < 1.29 is 28.3 Å². The second-order valence-corrected chi connectivity index (χ2v) is 13.2. The Balaban J connectivity index is 1.94. The number of fused-ring (bicyclic) bond motifs is 1. The van der Waals surface area contributed by atoms with E-state index in [1.54, 1.807) is 30.9 Å². The number of carboxylic acids is 1. The first-order chi connectivity index (χ1) is 16.4. The minimum atomic E-state index is -1.70. The van der Waals surface area contributed by atoms with Gasteiger partial charge in [-0.15, -0.1) is 0 Å². The molecule has 0 bridgehead atoms. The Bertz CT molecular complexity index is 1200. The topological polar surface area (TPSA) is 111 Å². The van der Waals surface area contributed by atoms with E-state index in [2.05, 4.69) is 5.32 Å². The number of nitrogens with one attached hydrogen (secondary N) is 1. The summed E-state index contributed by atoms with van der Waals surface area (Å²) in [6.07, 6.45) is 5.56. The molecule has 0 aromatic heterocycles. The van der Waals surface area contributed by atoms with E-state index in [9.17, 15) is 28.4 Å². The fraction of sp³-hybridized carbons (Fsp3) is 0.360. The highest BCUT2D eigenvalue weighted by atomic mass is 32.3. The van der Waals surface area contributed by atoms with Crippen LogP contribution < -0.4 is 5.32 Å². The molecule has 1 aliphatic heterocycles. The first-order valence-electron chi connectivity index (χ1n) is 10.9. The predicted octanol–water partition coefficient (Wildman–Crippen LogP) is 4.21. The number of benzene rings is 2. The number of anilines is 1. The van der Waals surface area contributed by atoms with E-state index in [1.165, 1.54) is 11.0 Å². The van der Waals surface area contributed by atoms with Gasteiger partial charge in [0.05, 0.1) is 16.5 Å². The Morgan fingerprint density at radius 2 is 1.80 bits per heavy atom. The fourth-order valence-corrected chi connectivity index (χ4v) is 5.50. The Morgan fingerprint density at radius 1 is 1.14 bits per heavy atom. The summed E-state index contributed by atoms with van der Waals surface area (Å²) in [6, 6.07) is 7.88. The van der Waals surface area contributed by atoms with Gasteiger partial charge < -0.3 is 15.3 Å². The normalized spacial score (nSPS) is 15.7. The zero-order valence-corrected chi connectivity index (χ0v) is 20.5. The van der Waals surface area contributed by atoms with Gasteiger partial charge in [-0.25, -0.2) is 18.8 Å². The van der Waals surface area contributed by atoms with Crippen LogP contribution in [-0.2, 0) is 20.8 Å². The molecule has 0 fully saturated rings. The summed E-state index contributed by atoms with van der Waals surface area (Å²) >= 11 is 0. The van der Waals surface area contributed by atoms with Crippen molar-refractivity contribution in [2.75, 3.05) is 30.6 Å². The van der Waals surface area contributed by atoms with Crippen LogP contribution in [0, 0.1) is 23.0 Å². The van der Waals surface area contributed by atoms with E-state index in [-0.39, 0.29) is 36.4 Å². The lowest BCUT2D eigenvalue weighted by atomic mass is 9.90. The van der Waals surface area contributed by atoms with Crippen LogP contribution in [0.25, 0.3) is 0 Å². The fourth-order valence-electron chi connectivity index (χ4n) is 4.21. The first kappa shape index (κ1) is 26.2. The predicted molar refractivity (Wildman–Crippen MR) is 129 cm³/mol. The maximum Gasteiger partial charge on any atom is 0.303 e. The molecule has 0 saturated carbocycles. The molecule has 3 rings (SSSR count). The summed E-state index contributed by atoms with van der Waals surface area (Å²) in [6.45, 7) is 0.181. The van der Waals surface area contributed by atoms with Gasteiger partial charge in [0.2, 0.25) is 5.91 Å². The van der Waals surface area contributed by atoms with Crippen LogP contribution >= 0.6 is 10.0 Å². The lowest BCUT2D eigenvalue weighted by Gasteiger charge is -2.36. The molecule has 1 atom stereocenters. The summed E-state index contributed by atoms with van der Waals surface area (Å²) in [5.41, 5.74) is 1.57. The standard InChI is InChI=1S/C25H27F2N3O4S/c1-35(2,3)24-19(26)12-17(13-20(24)27)29-25(34)23-18-8-7-15(14-28)11-16(18)9-10-30(23)21(31)5-4-6-22(32)33/h7-8,11-13,23H,4-6,9-10H2,1-3H3,(H,29,34)(H,32,33)/t23-/m1/s1. The van der Waals surface area contributed by atoms with Crippen molar-refractivity contribution in [3.05, 3.63) is 58.7 Å². The van der Waals surface area contributed by atoms with Crippen molar-refractivity contribution in [2.24, 2.45) is 0 Å². The molecule has 1 aliphatic rings. The molecule has 0 aliphatic carbocycles. The lowest BCUT2D eigenvalue weighted by Crippen LogP contribution is -2.45. The highest BCUT2D eigenvalue weighted by Crippen LogP contribution is 2.48. The van der Waals surface area contributed by atoms with Crippen LogP contribution in [0.15, 0.2) is 35.2 Å². The number of hydrogen-bond donors (Lipinski definition) is 2. The summed E-state index contributed by atoms with van der Waals surface area (Å²) in [5.74, 6) is -3.59. The molecule has 2 N–H and O–H groups in total. The van der Waals surface area contributed by atoms with Crippen molar-refractivity contribution in [2.45, 2.75) is 36.6 Å². The van der Waals surface area contributed by atoms with Gasteiger partial charge in [-0.1, -0.05) is 6.07 Å². The molecular weight excluding hydrogens is 476 g/mol. The van der Waals surface area contributed by atoms with Gasteiger partial charge in [-0.05, 0) is 67.0 Å². The number of halogens is 2. The van der Waals surface area contributed by atoms with Crippen molar-refractivity contribution in [1.29, 1.82) is 5.26 Å². The zero-order chi connectivity index (χ0) is 25.9. The number of rotatable bonds is 7. The smallest absolute Gasteiger partial charge is 0.303 e. The summed E-state index contributed by atoms with van der Waals surface area (Å²) in [5, 5.41) is 20.6. The Labute approximate surface area is 204 Å². The van der Waals surface area contributed by atoms with Crippen molar-refractivity contribution in [1.82, 2.24) is 4.90 Å². The van der Waals surface area contributed by atoms with Crippen LogP contribution in [0.1, 0.15) is 42.0 Å². The van der Waals surface area contributed by atoms with Gasteiger partial charge in [-0.2, -0.15) is 5.26 Å². The SMILES string of the molecule is CS(C)(C)c1c(F)cc(NC(=O)[C@H]2c3ccc(C#N)cc3CCN2C(=O)CCCC(=O)O)cc1F. The number of amides is 2.